The highest BCUT2D eigenvalue weighted by molar-refractivity contribution is 7.89. The summed E-state index contributed by atoms with van der Waals surface area (Å²) < 4.78 is 28.5. The number of nitrogens with one attached hydrogen (secondary N) is 1. The summed E-state index contributed by atoms with van der Waals surface area (Å²) in [6.45, 7) is 1.12. The van der Waals surface area contributed by atoms with Crippen molar-refractivity contribution in [3.63, 3.8) is 0 Å². The van der Waals surface area contributed by atoms with Crippen LogP contribution in [-0.2, 0) is 19.6 Å². The highest BCUT2D eigenvalue weighted by Crippen LogP contribution is 1.99. The van der Waals surface area contributed by atoms with Gasteiger partial charge in [-0.3, -0.25) is 4.79 Å². The van der Waals surface area contributed by atoms with E-state index in [-0.39, 0.29) is 0 Å². The Labute approximate surface area is 90.6 Å². The molecule has 0 fully saturated rings. The Hall–Kier alpha value is -0.660. The van der Waals surface area contributed by atoms with Crippen molar-refractivity contribution in [2.24, 2.45) is 0 Å². The number of rotatable bonds is 7. The van der Waals surface area contributed by atoms with E-state index < -0.39 is 21.7 Å². The van der Waals surface area contributed by atoms with Crippen molar-refractivity contribution < 1.29 is 17.9 Å². The zero-order valence-electron chi connectivity index (χ0n) is 9.32. The van der Waals surface area contributed by atoms with Crippen LogP contribution in [0.4, 0.5) is 0 Å². The molecule has 0 rings (SSSR count). The van der Waals surface area contributed by atoms with E-state index in [1.54, 1.807) is 7.05 Å². The third-order valence-electron chi connectivity index (χ3n) is 1.90. The molecule has 0 aliphatic carbocycles. The first kappa shape index (κ1) is 14.3. The standard InChI is InChI=1S/C8H18N2O4S/c1-9-5-4-6-10(2)15(12,13)7-8(11)14-3/h9H,4-7H2,1-3H3. The average Bonchev–Trinajstić information content (AvgIpc) is 2.17. The minimum absolute atomic E-state index is 0.389. The van der Waals surface area contributed by atoms with Gasteiger partial charge in [0, 0.05) is 13.6 Å². The quantitative estimate of drug-likeness (QED) is 0.456. The largest absolute Gasteiger partial charge is 0.468 e. The smallest absolute Gasteiger partial charge is 0.322 e. The molecule has 90 valence electrons. The molecule has 0 bridgehead atoms. The van der Waals surface area contributed by atoms with Crippen molar-refractivity contribution in [3.05, 3.63) is 0 Å². The van der Waals surface area contributed by atoms with Gasteiger partial charge in [0.1, 0.15) is 0 Å². The summed E-state index contributed by atoms with van der Waals surface area (Å²) in [6.07, 6.45) is 0.702. The molecule has 6 nitrogen and oxygen atoms in total. The molecule has 0 aromatic rings. The zero-order valence-corrected chi connectivity index (χ0v) is 10.1. The molecule has 1 N–H and O–H groups in total. The molecule has 0 aromatic carbocycles. The number of sulfonamides is 1. The molecule has 0 spiro atoms. The number of hydrogen-bond acceptors (Lipinski definition) is 5. The summed E-state index contributed by atoms with van der Waals surface area (Å²) in [7, 11) is 0.891. The van der Waals surface area contributed by atoms with E-state index in [0.717, 1.165) is 6.54 Å². The van der Waals surface area contributed by atoms with Crippen LogP contribution >= 0.6 is 0 Å². The first-order valence-electron chi connectivity index (χ1n) is 4.59. The number of nitrogens with zero attached hydrogens (tertiary/aromatic N) is 1. The van der Waals surface area contributed by atoms with E-state index in [4.69, 9.17) is 0 Å². The fourth-order valence-electron chi connectivity index (χ4n) is 0.936. The molecule has 0 saturated carbocycles. The van der Waals surface area contributed by atoms with Gasteiger partial charge in [-0.1, -0.05) is 0 Å². The summed E-state index contributed by atoms with van der Waals surface area (Å²) >= 11 is 0. The summed E-state index contributed by atoms with van der Waals surface area (Å²) in [5, 5.41) is 2.91. The summed E-state index contributed by atoms with van der Waals surface area (Å²) in [5.74, 6) is -1.34. The molecule has 0 aliphatic heterocycles. The van der Waals surface area contributed by atoms with Crippen LogP contribution < -0.4 is 5.32 Å². The van der Waals surface area contributed by atoms with Crippen molar-refractivity contribution in [3.8, 4) is 0 Å². The SMILES string of the molecule is CNCCCN(C)S(=O)(=O)CC(=O)OC. The van der Waals surface area contributed by atoms with Gasteiger partial charge in [-0.25, -0.2) is 12.7 Å². The first-order valence-corrected chi connectivity index (χ1v) is 6.20. The van der Waals surface area contributed by atoms with Gasteiger partial charge in [-0.05, 0) is 20.0 Å². The van der Waals surface area contributed by atoms with E-state index >= 15 is 0 Å². The van der Waals surface area contributed by atoms with Gasteiger partial charge in [0.15, 0.2) is 5.75 Å². The van der Waals surface area contributed by atoms with Crippen molar-refractivity contribution in [2.45, 2.75) is 6.42 Å². The summed E-state index contributed by atoms with van der Waals surface area (Å²) in [5.41, 5.74) is 0. The van der Waals surface area contributed by atoms with E-state index in [1.165, 1.54) is 18.5 Å². The summed E-state index contributed by atoms with van der Waals surface area (Å²) in [6, 6.07) is 0. The average molecular weight is 238 g/mol. The molecule has 0 amide bonds. The molecule has 7 heteroatoms. The Morgan fingerprint density at radius 3 is 2.53 bits per heavy atom. The maximum absolute atomic E-state index is 11.5. The molecule has 0 saturated heterocycles. The molecule has 0 unspecified atom stereocenters. The third kappa shape index (κ3) is 5.71. The lowest BCUT2D eigenvalue weighted by atomic mass is 10.4. The lowest BCUT2D eigenvalue weighted by Crippen LogP contribution is -2.34. The maximum Gasteiger partial charge on any atom is 0.322 e. The normalized spacial score (nSPS) is 11.7. The van der Waals surface area contributed by atoms with E-state index in [1.807, 2.05) is 0 Å². The van der Waals surface area contributed by atoms with Crippen LogP contribution in [0.1, 0.15) is 6.42 Å². The number of carbonyl (C=O) groups excluding carboxylic acids is 1. The molecule has 0 atom stereocenters. The van der Waals surface area contributed by atoms with Crippen LogP contribution in [0, 0.1) is 0 Å². The number of carbonyl (C=O) groups is 1. The Balaban J connectivity index is 4.14. The van der Waals surface area contributed by atoms with Gasteiger partial charge in [-0.2, -0.15) is 0 Å². The third-order valence-corrected chi connectivity index (χ3v) is 3.64. The van der Waals surface area contributed by atoms with Crippen LogP contribution in [0.25, 0.3) is 0 Å². The fourth-order valence-corrected chi connectivity index (χ4v) is 1.98. The van der Waals surface area contributed by atoms with Crippen molar-refractivity contribution in [1.82, 2.24) is 9.62 Å². The van der Waals surface area contributed by atoms with Gasteiger partial charge >= 0.3 is 5.97 Å². The molecular formula is C8H18N2O4S. The molecule has 0 aliphatic rings. The van der Waals surface area contributed by atoms with Crippen LogP contribution in [0.2, 0.25) is 0 Å². The topological polar surface area (TPSA) is 75.7 Å². The second-order valence-electron chi connectivity index (χ2n) is 3.11. The molecule has 0 aromatic heterocycles. The minimum atomic E-state index is -3.52. The molecule has 0 heterocycles. The number of ether oxygens (including phenoxy) is 1. The van der Waals surface area contributed by atoms with Crippen LogP contribution in [-0.4, -0.2) is 58.7 Å². The predicted octanol–water partition coefficient (Wildman–Crippen LogP) is -0.969. The van der Waals surface area contributed by atoms with E-state index in [0.29, 0.717) is 13.0 Å². The Morgan fingerprint density at radius 1 is 1.47 bits per heavy atom. The zero-order chi connectivity index (χ0) is 11.9. The number of esters is 1. The van der Waals surface area contributed by atoms with Gasteiger partial charge < -0.3 is 10.1 Å². The Kier molecular flexibility index (Phi) is 6.46. The number of methoxy groups -OCH3 is 1. The molecular weight excluding hydrogens is 220 g/mol. The number of hydrogen-bond donors (Lipinski definition) is 1. The van der Waals surface area contributed by atoms with Crippen LogP contribution in [0.15, 0.2) is 0 Å². The van der Waals surface area contributed by atoms with Crippen molar-refractivity contribution in [2.75, 3.05) is 40.0 Å². The maximum atomic E-state index is 11.5. The summed E-state index contributed by atoms with van der Waals surface area (Å²) in [4.78, 5) is 10.8. The molecule has 0 radical (unpaired) electrons. The lowest BCUT2D eigenvalue weighted by molar-refractivity contribution is -0.137. The van der Waals surface area contributed by atoms with Crippen LogP contribution in [0.3, 0.4) is 0 Å². The van der Waals surface area contributed by atoms with Gasteiger partial charge in [0.05, 0.1) is 7.11 Å². The van der Waals surface area contributed by atoms with Gasteiger partial charge in [0.2, 0.25) is 10.0 Å². The predicted molar refractivity (Wildman–Crippen MR) is 57.0 cm³/mol. The second kappa shape index (κ2) is 6.76. The van der Waals surface area contributed by atoms with Gasteiger partial charge in [0.25, 0.3) is 0 Å². The first-order chi connectivity index (χ1) is 6.94. The lowest BCUT2D eigenvalue weighted by Gasteiger charge is -2.15. The highest BCUT2D eigenvalue weighted by Gasteiger charge is 2.21. The highest BCUT2D eigenvalue weighted by atomic mass is 32.2. The van der Waals surface area contributed by atoms with Gasteiger partial charge in [-0.15, -0.1) is 0 Å². The second-order valence-corrected chi connectivity index (χ2v) is 5.19. The van der Waals surface area contributed by atoms with Crippen LogP contribution in [0.5, 0.6) is 0 Å². The van der Waals surface area contributed by atoms with Crippen molar-refractivity contribution >= 4 is 16.0 Å². The monoisotopic (exact) mass is 238 g/mol. The molecule has 15 heavy (non-hydrogen) atoms. The van der Waals surface area contributed by atoms with E-state index in [2.05, 4.69) is 10.1 Å². The Bertz CT molecular complexity index is 289. The van der Waals surface area contributed by atoms with Crippen molar-refractivity contribution in [1.29, 1.82) is 0 Å². The van der Waals surface area contributed by atoms with E-state index in [9.17, 15) is 13.2 Å². The fraction of sp³-hybridized carbons (Fsp3) is 0.875. The Morgan fingerprint density at radius 2 is 2.07 bits per heavy atom. The minimum Gasteiger partial charge on any atom is -0.468 e.